The number of likely N-dealkylation sites (tertiary alicyclic amines) is 1. The number of rotatable bonds is 5. The Kier molecular flexibility index (Phi) is 6.24. The highest BCUT2D eigenvalue weighted by atomic mass is 79.9. The molecule has 5 rings (SSSR count). The van der Waals surface area contributed by atoms with Crippen LogP contribution in [0.1, 0.15) is 23.0 Å². The van der Waals surface area contributed by atoms with Crippen molar-refractivity contribution in [3.63, 3.8) is 0 Å². The van der Waals surface area contributed by atoms with Crippen molar-refractivity contribution in [2.75, 3.05) is 39.4 Å². The van der Waals surface area contributed by atoms with Crippen molar-refractivity contribution in [3.8, 4) is 0 Å². The van der Waals surface area contributed by atoms with Crippen molar-refractivity contribution in [2.45, 2.75) is 13.0 Å². The number of fused-ring (bicyclic) bond motifs is 1. The highest BCUT2D eigenvalue weighted by Gasteiger charge is 2.46. The maximum absolute atomic E-state index is 13.3. The highest BCUT2D eigenvalue weighted by Crippen LogP contribution is 2.40. The highest BCUT2D eigenvalue weighted by molar-refractivity contribution is 9.10. The van der Waals surface area contributed by atoms with Gasteiger partial charge in [-0.05, 0) is 36.8 Å². The second-order valence-electron chi connectivity index (χ2n) is 8.47. The topological polar surface area (TPSA) is 87.4 Å². The van der Waals surface area contributed by atoms with Crippen LogP contribution in [-0.2, 0) is 14.3 Å². The molecule has 2 aliphatic heterocycles. The second-order valence-corrected chi connectivity index (χ2v) is 9.39. The number of aliphatic hydroxyl groups excluding tert-OH is 1. The number of imidazole rings is 1. The van der Waals surface area contributed by atoms with Gasteiger partial charge in [-0.3, -0.25) is 18.9 Å². The van der Waals surface area contributed by atoms with Gasteiger partial charge in [-0.25, -0.2) is 4.98 Å². The van der Waals surface area contributed by atoms with E-state index in [0.717, 1.165) is 23.1 Å². The van der Waals surface area contributed by atoms with Crippen LogP contribution >= 0.6 is 15.9 Å². The smallest absolute Gasteiger partial charge is 0.295 e. The van der Waals surface area contributed by atoms with E-state index in [1.807, 2.05) is 42.5 Å². The number of nitrogens with zero attached hydrogens (tertiary/aromatic N) is 4. The predicted molar refractivity (Wildman–Crippen MR) is 130 cm³/mol. The van der Waals surface area contributed by atoms with Gasteiger partial charge in [0, 0.05) is 36.8 Å². The zero-order valence-electron chi connectivity index (χ0n) is 18.8. The summed E-state index contributed by atoms with van der Waals surface area (Å²) in [6.45, 7) is 5.66. The molecule has 0 unspecified atom stereocenters. The van der Waals surface area contributed by atoms with Crippen LogP contribution in [0.15, 0.2) is 58.7 Å². The van der Waals surface area contributed by atoms with Gasteiger partial charge in [-0.15, -0.1) is 0 Å². The second kappa shape index (κ2) is 9.32. The Labute approximate surface area is 205 Å². The molecule has 1 N–H and O–H groups in total. The Bertz CT molecular complexity index is 1280. The summed E-state index contributed by atoms with van der Waals surface area (Å²) in [6, 6.07) is 12.3. The summed E-state index contributed by atoms with van der Waals surface area (Å²) in [6.07, 6.45) is 1.79. The molecule has 2 aliphatic rings. The molecule has 9 heteroatoms. The molecule has 0 radical (unpaired) electrons. The number of amides is 1. The number of hydrogen-bond donors (Lipinski definition) is 1. The molecular formula is C25H25BrN4O4. The van der Waals surface area contributed by atoms with Gasteiger partial charge in [0.2, 0.25) is 0 Å². The molecule has 1 atom stereocenters. The van der Waals surface area contributed by atoms with Crippen molar-refractivity contribution >= 4 is 39.0 Å². The molecule has 2 saturated heterocycles. The van der Waals surface area contributed by atoms with Crippen molar-refractivity contribution in [3.05, 3.63) is 75.7 Å². The zero-order chi connectivity index (χ0) is 23.8. The van der Waals surface area contributed by atoms with Gasteiger partial charge in [-0.1, -0.05) is 34.1 Å². The third-order valence-corrected chi connectivity index (χ3v) is 6.94. The number of aryl methyl sites for hydroxylation is 1. The molecule has 34 heavy (non-hydrogen) atoms. The molecule has 1 aromatic carbocycles. The average Bonchev–Trinajstić information content (AvgIpc) is 3.31. The lowest BCUT2D eigenvalue weighted by molar-refractivity contribution is -0.140. The van der Waals surface area contributed by atoms with Gasteiger partial charge in [0.25, 0.3) is 11.7 Å². The summed E-state index contributed by atoms with van der Waals surface area (Å²) in [4.78, 5) is 34.8. The molecule has 0 spiro atoms. The number of ketones is 1. The Hall–Kier alpha value is -3.01. The summed E-state index contributed by atoms with van der Waals surface area (Å²) < 4.78 is 8.05. The largest absolute Gasteiger partial charge is 0.505 e. The zero-order valence-corrected chi connectivity index (χ0v) is 20.4. The van der Waals surface area contributed by atoms with E-state index in [1.165, 1.54) is 0 Å². The van der Waals surface area contributed by atoms with Gasteiger partial charge in [0.15, 0.2) is 5.76 Å². The molecule has 0 saturated carbocycles. The van der Waals surface area contributed by atoms with Crippen LogP contribution in [0.3, 0.4) is 0 Å². The van der Waals surface area contributed by atoms with Crippen LogP contribution in [0.5, 0.6) is 0 Å². The Morgan fingerprint density at radius 1 is 1.12 bits per heavy atom. The number of Topliss-reactive ketones (excluding diaryl/α,β-unsaturated/α-hetero) is 1. The number of pyridine rings is 1. The fraction of sp³-hybridized carbons (Fsp3) is 0.320. The van der Waals surface area contributed by atoms with Crippen LogP contribution in [0.4, 0.5) is 0 Å². The molecular weight excluding hydrogens is 500 g/mol. The normalized spacial score (nSPS) is 21.0. The van der Waals surface area contributed by atoms with Crippen LogP contribution < -0.4 is 0 Å². The minimum absolute atomic E-state index is 0.0862. The lowest BCUT2D eigenvalue weighted by atomic mass is 9.96. The van der Waals surface area contributed by atoms with Gasteiger partial charge < -0.3 is 14.7 Å². The summed E-state index contributed by atoms with van der Waals surface area (Å²) in [5.74, 6) is -1.50. The van der Waals surface area contributed by atoms with Gasteiger partial charge in [0.05, 0.1) is 30.5 Å². The van der Waals surface area contributed by atoms with E-state index in [2.05, 4.69) is 25.8 Å². The van der Waals surface area contributed by atoms with E-state index in [4.69, 9.17) is 4.74 Å². The Balaban J connectivity index is 1.60. The number of hydrogen-bond acceptors (Lipinski definition) is 6. The van der Waals surface area contributed by atoms with E-state index >= 15 is 0 Å². The predicted octanol–water partition coefficient (Wildman–Crippen LogP) is 3.16. The minimum atomic E-state index is -0.692. The van der Waals surface area contributed by atoms with Crippen LogP contribution in [0, 0.1) is 6.92 Å². The standard InChI is InChI=1S/C25H25BrN4O4/c1-16-21(29-9-3-2-4-19(29)27-16)23(31)20-22(17-5-7-18(26)8-6-17)30(25(33)24(20)32)11-10-28-12-14-34-15-13-28/h2-9,22,31H,10-15H2,1H3/b23-20+/t22-/m0/s1. The van der Waals surface area contributed by atoms with Crippen molar-refractivity contribution in [2.24, 2.45) is 0 Å². The molecule has 8 nitrogen and oxygen atoms in total. The van der Waals surface area contributed by atoms with Crippen molar-refractivity contribution in [1.82, 2.24) is 19.2 Å². The summed E-state index contributed by atoms with van der Waals surface area (Å²) in [5, 5.41) is 11.5. The van der Waals surface area contributed by atoms with E-state index in [1.54, 1.807) is 22.4 Å². The minimum Gasteiger partial charge on any atom is -0.505 e. The number of halogens is 1. The van der Waals surface area contributed by atoms with Crippen molar-refractivity contribution in [1.29, 1.82) is 0 Å². The monoisotopic (exact) mass is 524 g/mol. The number of ether oxygens (including phenoxy) is 1. The number of morpholine rings is 1. The Morgan fingerprint density at radius 3 is 2.59 bits per heavy atom. The fourth-order valence-electron chi connectivity index (χ4n) is 4.70. The summed E-state index contributed by atoms with van der Waals surface area (Å²) >= 11 is 3.45. The van der Waals surface area contributed by atoms with Gasteiger partial charge in [0.1, 0.15) is 11.3 Å². The first-order chi connectivity index (χ1) is 16.5. The third kappa shape index (κ3) is 4.04. The van der Waals surface area contributed by atoms with Crippen LogP contribution in [0.2, 0.25) is 0 Å². The fourth-order valence-corrected chi connectivity index (χ4v) is 4.97. The Morgan fingerprint density at radius 2 is 1.85 bits per heavy atom. The number of carbonyl (C=O) groups is 2. The number of carbonyl (C=O) groups excluding carboxylic acids is 2. The SMILES string of the molecule is Cc1nc2ccccn2c1/C(O)=C1\C(=O)C(=O)N(CCN2CCOCC2)[C@H]1c1ccc(Br)cc1. The molecule has 0 aliphatic carbocycles. The maximum atomic E-state index is 13.3. The number of aromatic nitrogens is 2. The van der Waals surface area contributed by atoms with Crippen molar-refractivity contribution < 1.29 is 19.4 Å². The molecule has 2 fully saturated rings. The average molecular weight is 525 g/mol. The summed E-state index contributed by atoms with van der Waals surface area (Å²) in [5.41, 5.74) is 2.51. The first kappa shape index (κ1) is 22.8. The molecule has 1 amide bonds. The summed E-state index contributed by atoms with van der Waals surface area (Å²) in [7, 11) is 0. The first-order valence-corrected chi connectivity index (χ1v) is 12.0. The molecule has 4 heterocycles. The van der Waals surface area contributed by atoms with E-state index in [9.17, 15) is 14.7 Å². The first-order valence-electron chi connectivity index (χ1n) is 11.2. The molecule has 0 bridgehead atoms. The van der Waals surface area contributed by atoms with Gasteiger partial charge >= 0.3 is 0 Å². The third-order valence-electron chi connectivity index (χ3n) is 6.42. The number of aliphatic hydroxyl groups is 1. The van der Waals surface area contributed by atoms with Crippen LogP contribution in [0.25, 0.3) is 11.4 Å². The quantitative estimate of drug-likeness (QED) is 0.313. The lowest BCUT2D eigenvalue weighted by Gasteiger charge is -2.31. The van der Waals surface area contributed by atoms with E-state index in [-0.39, 0.29) is 11.3 Å². The maximum Gasteiger partial charge on any atom is 0.295 e. The molecule has 2 aromatic heterocycles. The number of benzene rings is 1. The van der Waals surface area contributed by atoms with Crippen LogP contribution in [-0.4, -0.2) is 75.4 Å². The lowest BCUT2D eigenvalue weighted by Crippen LogP contribution is -2.42. The molecule has 3 aromatic rings. The van der Waals surface area contributed by atoms with E-state index < -0.39 is 17.7 Å². The molecule has 176 valence electrons. The van der Waals surface area contributed by atoms with Gasteiger partial charge in [-0.2, -0.15) is 0 Å². The van der Waals surface area contributed by atoms with E-state index in [0.29, 0.717) is 43.3 Å².